The van der Waals surface area contributed by atoms with Gasteiger partial charge in [0.25, 0.3) is 0 Å². The van der Waals surface area contributed by atoms with Crippen LogP contribution in [-0.4, -0.2) is 167 Å². The highest BCUT2D eigenvalue weighted by molar-refractivity contribution is 7.80. The Labute approximate surface area is 495 Å². The van der Waals surface area contributed by atoms with E-state index in [1.54, 1.807) is 85.9 Å². The van der Waals surface area contributed by atoms with Crippen LogP contribution in [0.4, 0.5) is 0 Å². The number of Topliss-reactive ketones (excluding diaryl/α,β-unsaturated/α-hetero) is 1. The molecular weight excluding hydrogens is 1090 g/mol. The first kappa shape index (κ1) is 78.5. The Kier molecular flexibility index (Phi) is 43.3. The second kappa shape index (κ2) is 45.8. The van der Waals surface area contributed by atoms with Crippen LogP contribution in [0.25, 0.3) is 0 Å². The van der Waals surface area contributed by atoms with E-state index in [2.05, 4.69) is 37.2 Å². The Bertz CT molecular complexity index is 2220. The lowest BCUT2D eigenvalue weighted by Crippen LogP contribution is -2.33. The van der Waals surface area contributed by atoms with Gasteiger partial charge < -0.3 is 67.2 Å². The van der Waals surface area contributed by atoms with E-state index in [0.29, 0.717) is 31.9 Å². The van der Waals surface area contributed by atoms with E-state index >= 15 is 0 Å². The standard InChI is InChI=1S/C63H105N3O16S/c1-8-9-10-18-21-28-46(2)61(78)48(4)58(76)36-22-19-16-14-12-11-13-15-17-20-23-37-60(82-83(79,80)81)47(3)59(77)44-57(75)43-54(72)34-26-33-53(71)42-56(74)41-52(70)32-25-31-50(68)39-49(67)29-24-30-51(69)40-55(73)35-27-38-65-62(64)66-45-63(5,6)7/h8-9,11-17,19-26,28-29,32,34,36,46-58,60-61,67-76,78H,10,18,27,30-31,33,35,37-45H2,1-7H3,(H3,64,65,66)(H,79,80,81). The molecule has 0 aromatic rings. The van der Waals surface area contributed by atoms with E-state index in [1.165, 1.54) is 37.3 Å². The van der Waals surface area contributed by atoms with Crippen LogP contribution in [0.5, 0.6) is 0 Å². The number of allylic oxidation sites excluding steroid dienone is 13. The molecule has 0 aliphatic carbocycles. The predicted octanol–water partition coefficient (Wildman–Crippen LogP) is 6.17. The SMILES string of the molecule is CC=CCCC=CC(C)C(O)C(C)C(O)C=CC=CC=CC=CC=CC=CCC(OS(=O)(=O)O)C(C)C(=O)CC(O)CC(O)C=CCC(O)CC(O)CC(O)C=CCC(O)CC(O)C=CCC(O)CC(O)CCCNC(N)=NCC(C)(C)C. The minimum Gasteiger partial charge on any atom is -0.393 e. The molecule has 0 aromatic carbocycles. The van der Waals surface area contributed by atoms with Crippen molar-refractivity contribution in [3.63, 3.8) is 0 Å². The Morgan fingerprint density at radius 2 is 1.05 bits per heavy atom. The second-order valence-corrected chi connectivity index (χ2v) is 23.6. The summed E-state index contributed by atoms with van der Waals surface area (Å²) in [7, 11) is -4.94. The van der Waals surface area contributed by atoms with Crippen molar-refractivity contribution in [2.24, 2.45) is 33.9 Å². The van der Waals surface area contributed by atoms with Gasteiger partial charge in [0.1, 0.15) is 5.78 Å². The van der Waals surface area contributed by atoms with Crippen molar-refractivity contribution >= 4 is 22.1 Å². The number of guanidine groups is 1. The molecule has 83 heavy (non-hydrogen) atoms. The van der Waals surface area contributed by atoms with Crippen LogP contribution >= 0.6 is 0 Å². The van der Waals surface area contributed by atoms with Crippen molar-refractivity contribution in [1.29, 1.82) is 0 Å². The molecule has 15 unspecified atom stereocenters. The monoisotopic (exact) mass is 1190 g/mol. The predicted molar refractivity (Wildman–Crippen MR) is 330 cm³/mol. The number of carbonyl (C=O) groups is 1. The van der Waals surface area contributed by atoms with Gasteiger partial charge in [-0.1, -0.05) is 175 Å². The van der Waals surface area contributed by atoms with E-state index in [9.17, 15) is 73.9 Å². The molecule has 0 spiro atoms. The Hall–Kier alpha value is -4.49. The van der Waals surface area contributed by atoms with Crippen molar-refractivity contribution < 1.29 is 78.1 Å². The number of rotatable bonds is 45. The van der Waals surface area contributed by atoms with Gasteiger partial charge in [-0.3, -0.25) is 14.3 Å². The minimum atomic E-state index is -4.94. The van der Waals surface area contributed by atoms with E-state index in [4.69, 9.17) is 9.92 Å². The van der Waals surface area contributed by atoms with Gasteiger partial charge in [-0.2, -0.15) is 8.42 Å². The molecule has 474 valence electrons. The third-order valence-electron chi connectivity index (χ3n) is 13.0. The van der Waals surface area contributed by atoms with Gasteiger partial charge in [0.15, 0.2) is 5.96 Å². The van der Waals surface area contributed by atoms with E-state index in [-0.39, 0.29) is 75.0 Å². The van der Waals surface area contributed by atoms with Crippen molar-refractivity contribution in [2.45, 2.75) is 212 Å². The Morgan fingerprint density at radius 1 is 0.578 bits per heavy atom. The fourth-order valence-corrected chi connectivity index (χ4v) is 8.69. The number of aliphatic hydroxyl groups is 11. The molecule has 15 atom stereocenters. The van der Waals surface area contributed by atoms with Gasteiger partial charge in [-0.15, -0.1) is 0 Å². The fraction of sp³-hybridized carbons (Fsp3) is 0.619. The molecule has 0 rings (SSSR count). The number of nitrogens with zero attached hydrogens (tertiary/aromatic N) is 1. The highest BCUT2D eigenvalue weighted by Crippen LogP contribution is 2.22. The van der Waals surface area contributed by atoms with Crippen molar-refractivity contribution in [3.8, 4) is 0 Å². The van der Waals surface area contributed by atoms with Gasteiger partial charge in [-0.25, -0.2) is 4.18 Å². The molecule has 0 saturated heterocycles. The minimum absolute atomic E-state index is 0.00934. The maximum atomic E-state index is 13.1. The van der Waals surface area contributed by atoms with Crippen LogP contribution in [0, 0.1) is 23.2 Å². The van der Waals surface area contributed by atoms with Crippen LogP contribution < -0.4 is 11.1 Å². The second-order valence-electron chi connectivity index (χ2n) is 22.5. The molecule has 0 radical (unpaired) electrons. The zero-order valence-corrected chi connectivity index (χ0v) is 50.9. The maximum absolute atomic E-state index is 13.1. The molecule has 20 heteroatoms. The number of nitrogens with one attached hydrogen (secondary N) is 1. The largest absolute Gasteiger partial charge is 0.397 e. The summed E-state index contributed by atoms with van der Waals surface area (Å²) in [6.45, 7) is 14.4. The topological polar surface area (TPSA) is 354 Å². The number of nitrogens with two attached hydrogens (primary N) is 1. The highest BCUT2D eigenvalue weighted by Gasteiger charge is 2.30. The average Bonchev–Trinajstić information content (AvgIpc) is 3.39. The Morgan fingerprint density at radius 3 is 1.57 bits per heavy atom. The van der Waals surface area contributed by atoms with Gasteiger partial charge >= 0.3 is 10.4 Å². The molecule has 15 N–H and O–H groups in total. The molecule has 0 amide bonds. The number of hydrogen-bond acceptors (Lipinski definition) is 16. The van der Waals surface area contributed by atoms with Crippen LogP contribution in [0.3, 0.4) is 0 Å². The maximum Gasteiger partial charge on any atom is 0.397 e. The van der Waals surface area contributed by atoms with Crippen molar-refractivity contribution in [1.82, 2.24) is 5.32 Å². The first-order valence-electron chi connectivity index (χ1n) is 29.0. The lowest BCUT2D eigenvalue weighted by atomic mass is 9.88. The number of aliphatic hydroxyl groups excluding tert-OH is 11. The summed E-state index contributed by atoms with van der Waals surface area (Å²) < 4.78 is 37.4. The van der Waals surface area contributed by atoms with Gasteiger partial charge in [0.05, 0.1) is 73.2 Å². The number of carbonyl (C=O) groups excluding carboxylic acids is 1. The quantitative estimate of drug-likeness (QED) is 0.00809. The number of ketones is 1. The molecule has 0 fully saturated rings. The number of unbranched alkanes of at least 4 members (excludes halogenated alkanes) is 1. The summed E-state index contributed by atoms with van der Waals surface area (Å²) in [4.78, 5) is 17.3. The molecule has 0 aliphatic rings. The summed E-state index contributed by atoms with van der Waals surface area (Å²) >= 11 is 0. The van der Waals surface area contributed by atoms with Gasteiger partial charge in [0.2, 0.25) is 0 Å². The molecule has 0 aliphatic heterocycles. The third kappa shape index (κ3) is 45.5. The molecule has 19 nitrogen and oxygen atoms in total. The molecule has 0 saturated carbocycles. The lowest BCUT2D eigenvalue weighted by Gasteiger charge is -2.25. The van der Waals surface area contributed by atoms with Gasteiger partial charge in [-0.05, 0) is 76.5 Å². The van der Waals surface area contributed by atoms with E-state index in [1.807, 2.05) is 32.1 Å². The number of aliphatic imine (C=N–C) groups is 1. The lowest BCUT2D eigenvalue weighted by molar-refractivity contribution is -0.127. The smallest absolute Gasteiger partial charge is 0.393 e. The molecule has 0 aromatic heterocycles. The van der Waals surface area contributed by atoms with Crippen LogP contribution in [-0.2, 0) is 19.4 Å². The van der Waals surface area contributed by atoms with E-state index < -0.39 is 102 Å². The van der Waals surface area contributed by atoms with Gasteiger partial charge in [0, 0.05) is 56.5 Å². The normalized spacial score (nSPS) is 19.3. The summed E-state index contributed by atoms with van der Waals surface area (Å²) in [5, 5.41) is 118. The van der Waals surface area contributed by atoms with Crippen molar-refractivity contribution in [3.05, 3.63) is 134 Å². The average molecular weight is 1190 g/mol. The highest BCUT2D eigenvalue weighted by atomic mass is 32.3. The van der Waals surface area contributed by atoms with Crippen molar-refractivity contribution in [2.75, 3.05) is 13.1 Å². The Balaban J connectivity index is 4.74. The van der Waals surface area contributed by atoms with E-state index in [0.717, 1.165) is 12.8 Å². The summed E-state index contributed by atoms with van der Waals surface area (Å²) in [6, 6.07) is 0. The van der Waals surface area contributed by atoms with Crippen LogP contribution in [0.1, 0.15) is 138 Å². The zero-order chi connectivity index (χ0) is 62.8. The molecule has 0 heterocycles. The third-order valence-corrected chi connectivity index (χ3v) is 13.5. The molecular formula is C63H105N3O16S. The summed E-state index contributed by atoms with van der Waals surface area (Å²) in [6.07, 6.45) is 27.5. The first-order chi connectivity index (χ1) is 39.0. The van der Waals surface area contributed by atoms with Crippen LogP contribution in [0.2, 0.25) is 0 Å². The zero-order valence-electron chi connectivity index (χ0n) is 50.1. The first-order valence-corrected chi connectivity index (χ1v) is 30.4. The molecule has 0 bridgehead atoms. The van der Waals surface area contributed by atoms with Crippen LogP contribution in [0.15, 0.2) is 139 Å². The summed E-state index contributed by atoms with van der Waals surface area (Å²) in [5.41, 5.74) is 5.89. The number of hydrogen-bond donors (Lipinski definition) is 14. The fourth-order valence-electron chi connectivity index (χ4n) is 8.13. The summed E-state index contributed by atoms with van der Waals surface area (Å²) in [5.74, 6) is -1.77.